The fraction of sp³-hybridized carbons (Fsp3) is 0.943. The number of rotatable bonds is 43. The minimum absolute atomic E-state index is 0.0226. The molecule has 8 heteroatoms. The van der Waals surface area contributed by atoms with E-state index in [9.17, 15) is 14.4 Å². The van der Waals surface area contributed by atoms with Gasteiger partial charge in [0, 0.05) is 26.0 Å². The van der Waals surface area contributed by atoms with Gasteiger partial charge in [0.25, 0.3) is 0 Å². The van der Waals surface area contributed by atoms with Crippen LogP contribution in [0, 0.1) is 5.92 Å². The lowest BCUT2D eigenvalue weighted by Gasteiger charge is -2.36. The molecule has 61 heavy (non-hydrogen) atoms. The quantitative estimate of drug-likeness (QED) is 0.0340. The maximum absolute atomic E-state index is 13.8. The van der Waals surface area contributed by atoms with Crippen molar-refractivity contribution in [3.05, 3.63) is 0 Å². The van der Waals surface area contributed by atoms with E-state index in [-0.39, 0.29) is 48.2 Å². The van der Waals surface area contributed by atoms with Gasteiger partial charge in [0.05, 0.1) is 12.0 Å². The number of likely N-dealkylation sites (tertiary alicyclic amines) is 1. The Kier molecular flexibility index (Phi) is 38.6. The van der Waals surface area contributed by atoms with E-state index < -0.39 is 0 Å². The van der Waals surface area contributed by atoms with Crippen molar-refractivity contribution in [2.45, 2.75) is 290 Å². The molecule has 0 aromatic heterocycles. The lowest BCUT2D eigenvalue weighted by Crippen LogP contribution is -2.47. The summed E-state index contributed by atoms with van der Waals surface area (Å²) in [6, 6.07) is 0. The molecule has 1 aliphatic rings. The normalized spacial score (nSPS) is 15.9. The molecule has 0 bridgehead atoms. The molecular weight excluding hydrogens is 763 g/mol. The number of carbonyl (C=O) groups excluding carboxylic acids is 3. The molecule has 0 radical (unpaired) electrons. The summed E-state index contributed by atoms with van der Waals surface area (Å²) in [6.45, 7) is 13.4. The zero-order chi connectivity index (χ0) is 44.6. The zero-order valence-electron chi connectivity index (χ0n) is 41.3. The third-order valence-corrected chi connectivity index (χ3v) is 12.9. The first kappa shape index (κ1) is 57.3. The Bertz CT molecular complexity index is 957. The Morgan fingerprint density at radius 3 is 1.26 bits per heavy atom. The number of esters is 3. The Hall–Kier alpha value is -1.67. The number of unbranched alkanes of at least 4 members (excludes halogenated alkanes) is 20. The van der Waals surface area contributed by atoms with Crippen LogP contribution in [-0.4, -0.2) is 74.0 Å². The molecule has 2 atom stereocenters. The fourth-order valence-electron chi connectivity index (χ4n) is 8.76. The highest BCUT2D eigenvalue weighted by molar-refractivity contribution is 5.73. The van der Waals surface area contributed by atoms with Crippen molar-refractivity contribution in [3.8, 4) is 0 Å². The van der Waals surface area contributed by atoms with Gasteiger partial charge in [0.15, 0.2) is 0 Å². The predicted molar refractivity (Wildman–Crippen MR) is 255 cm³/mol. The molecule has 1 aliphatic heterocycles. The van der Waals surface area contributed by atoms with Crippen LogP contribution in [0.2, 0.25) is 0 Å². The second-order valence-electron chi connectivity index (χ2n) is 18.9. The number of likely N-dealkylation sites (N-methyl/N-ethyl adjacent to an activating group) is 1. The van der Waals surface area contributed by atoms with Gasteiger partial charge in [-0.25, -0.2) is 0 Å². The minimum Gasteiger partial charge on any atom is -0.462 e. The molecule has 360 valence electrons. The molecule has 1 saturated heterocycles. The number of hydrogen-bond donors (Lipinski definition) is 0. The van der Waals surface area contributed by atoms with Crippen LogP contribution in [0.25, 0.3) is 0 Å². The Labute approximate surface area is 377 Å². The van der Waals surface area contributed by atoms with Crippen LogP contribution < -0.4 is 0 Å². The number of hydrogen-bond acceptors (Lipinski definition) is 8. The van der Waals surface area contributed by atoms with Crippen molar-refractivity contribution in [1.29, 1.82) is 0 Å². The van der Waals surface area contributed by atoms with Crippen LogP contribution in [0.5, 0.6) is 0 Å². The summed E-state index contributed by atoms with van der Waals surface area (Å²) in [6.07, 6.45) is 38.2. The summed E-state index contributed by atoms with van der Waals surface area (Å²) in [7, 11) is 2.13. The van der Waals surface area contributed by atoms with Gasteiger partial charge in [-0.2, -0.15) is 0 Å². The average molecular weight is 864 g/mol. The topological polar surface area (TPSA) is 91.4 Å². The molecule has 0 amide bonds. The average Bonchev–Trinajstić information content (AvgIpc) is 3.25. The van der Waals surface area contributed by atoms with Gasteiger partial charge in [-0.15, -0.1) is 0 Å². The maximum Gasteiger partial charge on any atom is 0.311 e. The van der Waals surface area contributed by atoms with E-state index in [1.807, 2.05) is 0 Å². The van der Waals surface area contributed by atoms with Crippen LogP contribution in [-0.2, 0) is 33.3 Å². The molecule has 0 saturated carbocycles. The van der Waals surface area contributed by atoms with Gasteiger partial charge in [-0.1, -0.05) is 176 Å². The summed E-state index contributed by atoms with van der Waals surface area (Å²) >= 11 is 0. The van der Waals surface area contributed by atoms with E-state index in [1.54, 1.807) is 0 Å². The van der Waals surface area contributed by atoms with Crippen LogP contribution >= 0.6 is 0 Å². The van der Waals surface area contributed by atoms with Crippen molar-refractivity contribution in [1.82, 2.24) is 4.90 Å². The summed E-state index contributed by atoms with van der Waals surface area (Å²) in [5.41, 5.74) is 0. The summed E-state index contributed by atoms with van der Waals surface area (Å²) in [5.74, 6) is -0.292. The van der Waals surface area contributed by atoms with E-state index >= 15 is 0 Å². The molecule has 1 fully saturated rings. The predicted octanol–water partition coefficient (Wildman–Crippen LogP) is 14.8. The minimum atomic E-state index is -0.191. The Balaban J connectivity index is 2.57. The van der Waals surface area contributed by atoms with Crippen molar-refractivity contribution in [3.63, 3.8) is 0 Å². The molecule has 1 heterocycles. The summed E-state index contributed by atoms with van der Waals surface area (Å²) < 4.78 is 24.5. The first-order valence-electron chi connectivity index (χ1n) is 26.7. The third-order valence-electron chi connectivity index (χ3n) is 12.9. The molecule has 2 unspecified atom stereocenters. The maximum atomic E-state index is 13.8. The van der Waals surface area contributed by atoms with E-state index in [0.29, 0.717) is 12.8 Å². The van der Waals surface area contributed by atoms with Crippen LogP contribution in [0.3, 0.4) is 0 Å². The molecule has 0 spiro atoms. The van der Waals surface area contributed by atoms with Crippen molar-refractivity contribution < 1.29 is 33.3 Å². The van der Waals surface area contributed by atoms with Crippen LogP contribution in [0.15, 0.2) is 0 Å². The molecule has 8 nitrogen and oxygen atoms in total. The summed E-state index contributed by atoms with van der Waals surface area (Å²) in [4.78, 5) is 41.2. The van der Waals surface area contributed by atoms with Gasteiger partial charge in [-0.05, 0) is 90.6 Å². The van der Waals surface area contributed by atoms with Crippen molar-refractivity contribution in [2.24, 2.45) is 5.92 Å². The Morgan fingerprint density at radius 2 is 0.820 bits per heavy atom. The molecular formula is C53H101NO7. The van der Waals surface area contributed by atoms with Crippen LogP contribution in [0.4, 0.5) is 0 Å². The second kappa shape index (κ2) is 41.1. The molecule has 0 aliphatic carbocycles. The fourth-order valence-corrected chi connectivity index (χ4v) is 8.76. The van der Waals surface area contributed by atoms with Gasteiger partial charge < -0.3 is 23.8 Å². The smallest absolute Gasteiger partial charge is 0.311 e. The standard InChI is InChI=1S/C53H101NO7/c1-7-12-17-18-23-28-33-44-58-50-45-54(6)43-42-49(50)53(57)61-48(38-29-24-19-21-26-31-40-51(55)59-46(34-13-8-2)35-14-9-3)39-30-25-20-22-27-32-41-52(56)60-47(36-15-10-4)37-16-11-5/h46-50H,7-45H2,1-6H3. The first-order chi connectivity index (χ1) is 29.8. The molecule has 0 aromatic carbocycles. The van der Waals surface area contributed by atoms with E-state index in [4.69, 9.17) is 18.9 Å². The van der Waals surface area contributed by atoms with Gasteiger partial charge in [0.1, 0.15) is 18.3 Å². The zero-order valence-corrected chi connectivity index (χ0v) is 41.3. The van der Waals surface area contributed by atoms with Crippen LogP contribution in [0.1, 0.15) is 266 Å². The third kappa shape index (κ3) is 32.6. The van der Waals surface area contributed by atoms with Gasteiger partial charge >= 0.3 is 17.9 Å². The second-order valence-corrected chi connectivity index (χ2v) is 18.9. The van der Waals surface area contributed by atoms with Gasteiger partial charge in [0.2, 0.25) is 0 Å². The van der Waals surface area contributed by atoms with E-state index in [2.05, 4.69) is 46.6 Å². The van der Waals surface area contributed by atoms with Crippen molar-refractivity contribution >= 4 is 17.9 Å². The number of carbonyl (C=O) groups is 3. The highest BCUT2D eigenvalue weighted by atomic mass is 16.6. The van der Waals surface area contributed by atoms with Crippen molar-refractivity contribution in [2.75, 3.05) is 26.7 Å². The van der Waals surface area contributed by atoms with E-state index in [0.717, 1.165) is 199 Å². The summed E-state index contributed by atoms with van der Waals surface area (Å²) in [5, 5.41) is 0. The highest BCUT2D eigenvalue weighted by Crippen LogP contribution is 2.26. The highest BCUT2D eigenvalue weighted by Gasteiger charge is 2.36. The SMILES string of the molecule is CCCCCCCCCOC1CN(C)CCC1C(=O)OC(CCCCCCCCC(=O)OC(CCCC)CCCC)CCCCCCCCC(=O)OC(CCCC)CCCC. The largest absolute Gasteiger partial charge is 0.462 e. The monoisotopic (exact) mass is 864 g/mol. The number of nitrogens with zero attached hydrogens (tertiary/aromatic N) is 1. The molecule has 0 N–H and O–H groups in total. The lowest BCUT2D eigenvalue weighted by molar-refractivity contribution is -0.164. The lowest BCUT2D eigenvalue weighted by atomic mass is 9.93. The molecule has 0 aromatic rings. The number of ether oxygens (including phenoxy) is 4. The molecule has 1 rings (SSSR count). The van der Waals surface area contributed by atoms with E-state index in [1.165, 1.54) is 38.5 Å². The van der Waals surface area contributed by atoms with Gasteiger partial charge in [-0.3, -0.25) is 14.4 Å². The first-order valence-corrected chi connectivity index (χ1v) is 26.7. The number of piperidine rings is 1. The Morgan fingerprint density at radius 1 is 0.459 bits per heavy atom.